The van der Waals surface area contributed by atoms with Gasteiger partial charge >= 0.3 is 11.6 Å². The van der Waals surface area contributed by atoms with Crippen molar-refractivity contribution in [1.82, 2.24) is 0 Å². The van der Waals surface area contributed by atoms with E-state index in [9.17, 15) is 0 Å². The zero-order valence-corrected chi connectivity index (χ0v) is 15.1. The molecule has 0 aromatic rings. The third-order valence-corrected chi connectivity index (χ3v) is 2.46. The van der Waals surface area contributed by atoms with Crippen LogP contribution in [-0.2, 0) is 0 Å². The fraction of sp³-hybridized carbons (Fsp3) is 1.00. The van der Waals surface area contributed by atoms with E-state index < -0.39 is 0 Å². The topological polar surface area (TPSA) is 0 Å². The van der Waals surface area contributed by atoms with E-state index in [1.54, 1.807) is 0 Å². The molecule has 0 saturated carbocycles. The van der Waals surface area contributed by atoms with Crippen LogP contribution in [0.5, 0.6) is 0 Å². The van der Waals surface area contributed by atoms with E-state index in [1.807, 2.05) is 0 Å². The predicted molar refractivity (Wildman–Crippen MR) is 82.5 cm³/mol. The second-order valence-electron chi connectivity index (χ2n) is 3.93. The quantitative estimate of drug-likeness (QED) is 0.352. The lowest BCUT2D eigenvalue weighted by atomic mass is 10.1. The minimum Gasteiger partial charge on any atom is -0.203 e. The SMILES string of the molecule is CCCCCCCCCCCC.[Br][AlH][Br]. The van der Waals surface area contributed by atoms with Crippen LogP contribution in [0.25, 0.3) is 0 Å². The average molecular weight is 358 g/mol. The van der Waals surface area contributed by atoms with Gasteiger partial charge < -0.3 is 0 Å². The minimum absolute atomic E-state index is 0.0417. The molecule has 0 rings (SSSR count). The minimum atomic E-state index is 0.0417. The highest BCUT2D eigenvalue weighted by Crippen LogP contribution is 2.09. The van der Waals surface area contributed by atoms with Crippen LogP contribution < -0.4 is 0 Å². The van der Waals surface area contributed by atoms with E-state index in [0.29, 0.717) is 0 Å². The Balaban J connectivity index is 0. The molecule has 0 aromatic heterocycles. The predicted octanol–water partition coefficient (Wildman–Crippen LogP) is 5.97. The van der Waals surface area contributed by atoms with E-state index in [4.69, 9.17) is 0 Å². The summed E-state index contributed by atoms with van der Waals surface area (Å²) in [6.07, 6.45) is 14.4. The summed E-state index contributed by atoms with van der Waals surface area (Å²) in [7, 11) is 0. The van der Waals surface area contributed by atoms with E-state index in [0.717, 1.165) is 0 Å². The van der Waals surface area contributed by atoms with Gasteiger partial charge in [-0.15, -0.1) is 0 Å². The molecule has 0 radical (unpaired) electrons. The van der Waals surface area contributed by atoms with Crippen LogP contribution in [-0.4, -0.2) is 11.6 Å². The molecule has 0 aliphatic carbocycles. The molecule has 0 aromatic carbocycles. The molecular formula is C12H27AlBr2. The highest BCUT2D eigenvalue weighted by molar-refractivity contribution is 9.47. The molecule has 3 heteroatoms. The summed E-state index contributed by atoms with van der Waals surface area (Å²) in [5, 5.41) is 0. The maximum absolute atomic E-state index is 3.20. The fourth-order valence-electron chi connectivity index (χ4n) is 1.56. The van der Waals surface area contributed by atoms with Gasteiger partial charge in [-0.1, -0.05) is 78.1 Å². The number of rotatable bonds is 9. The lowest BCUT2D eigenvalue weighted by Gasteiger charge is -1.99. The molecule has 0 nitrogen and oxygen atoms in total. The molecule has 0 atom stereocenters. The van der Waals surface area contributed by atoms with Gasteiger partial charge in [0.2, 0.25) is 0 Å². The zero-order valence-electron chi connectivity index (χ0n) is 10.5. The van der Waals surface area contributed by atoms with Crippen LogP contribution in [0.15, 0.2) is 0 Å². The van der Waals surface area contributed by atoms with E-state index in [2.05, 4.69) is 42.0 Å². The van der Waals surface area contributed by atoms with Gasteiger partial charge in [-0.25, -0.2) is 28.1 Å². The number of hydrogen-bond donors (Lipinski definition) is 0. The van der Waals surface area contributed by atoms with Crippen LogP contribution in [0.4, 0.5) is 0 Å². The van der Waals surface area contributed by atoms with E-state index in [-0.39, 0.29) is 11.6 Å². The first-order chi connectivity index (χ1) is 7.33. The molecule has 0 bridgehead atoms. The Morgan fingerprint density at radius 2 is 0.800 bits per heavy atom. The van der Waals surface area contributed by atoms with Gasteiger partial charge in [0, 0.05) is 0 Å². The standard InChI is InChI=1S/C12H26.Al.2BrH.H/c1-3-5-7-9-11-12-10-8-6-4-2;;;;/h3-12H2,1-2H3;;2*1H;/q;+2;;;/p-2. The van der Waals surface area contributed by atoms with E-state index in [1.165, 1.54) is 64.2 Å². The number of halogens is 2. The third-order valence-electron chi connectivity index (χ3n) is 2.46. The number of hydrogen-bond acceptors (Lipinski definition) is 0. The van der Waals surface area contributed by atoms with Crippen molar-refractivity contribution in [2.75, 3.05) is 0 Å². The van der Waals surface area contributed by atoms with Crippen molar-refractivity contribution in [2.24, 2.45) is 0 Å². The average Bonchev–Trinajstić information content (AvgIpc) is 2.23. The maximum Gasteiger partial charge on any atom is 0.435 e. The van der Waals surface area contributed by atoms with Crippen LogP contribution in [0.2, 0.25) is 0 Å². The van der Waals surface area contributed by atoms with Crippen molar-refractivity contribution >= 4 is 39.7 Å². The van der Waals surface area contributed by atoms with Crippen LogP contribution >= 0.6 is 28.1 Å². The smallest absolute Gasteiger partial charge is 0.203 e. The largest absolute Gasteiger partial charge is 0.435 e. The monoisotopic (exact) mass is 356 g/mol. The van der Waals surface area contributed by atoms with Crippen molar-refractivity contribution in [1.29, 1.82) is 0 Å². The molecular weight excluding hydrogens is 331 g/mol. The third kappa shape index (κ3) is 25.6. The maximum atomic E-state index is 3.20. The van der Waals surface area contributed by atoms with Crippen LogP contribution in [0, 0.1) is 0 Å². The first-order valence-electron chi connectivity index (χ1n) is 6.45. The fourth-order valence-corrected chi connectivity index (χ4v) is 1.56. The molecule has 0 aliphatic heterocycles. The second-order valence-corrected chi connectivity index (χ2v) is 12.0. The van der Waals surface area contributed by atoms with Crippen molar-refractivity contribution in [3.05, 3.63) is 0 Å². The Morgan fingerprint density at radius 1 is 0.600 bits per heavy atom. The van der Waals surface area contributed by atoms with E-state index >= 15 is 0 Å². The van der Waals surface area contributed by atoms with Crippen molar-refractivity contribution in [2.45, 2.75) is 78.1 Å². The Kier molecular flexibility index (Phi) is 26.2. The zero-order chi connectivity index (χ0) is 11.8. The first kappa shape index (κ1) is 18.8. The molecule has 92 valence electrons. The van der Waals surface area contributed by atoms with Crippen LogP contribution in [0.1, 0.15) is 78.1 Å². The van der Waals surface area contributed by atoms with Gasteiger partial charge in [0.15, 0.2) is 0 Å². The lowest BCUT2D eigenvalue weighted by molar-refractivity contribution is 0.562. The Labute approximate surface area is 117 Å². The van der Waals surface area contributed by atoms with Gasteiger partial charge in [-0.2, -0.15) is 0 Å². The number of unbranched alkanes of at least 4 members (excludes halogenated alkanes) is 9. The Bertz CT molecular complexity index is 79.7. The summed E-state index contributed by atoms with van der Waals surface area (Å²) in [6.45, 7) is 4.56. The highest BCUT2D eigenvalue weighted by Gasteiger charge is 1.90. The summed E-state index contributed by atoms with van der Waals surface area (Å²) >= 11 is 6.44. The van der Waals surface area contributed by atoms with Gasteiger partial charge in [-0.3, -0.25) is 0 Å². The summed E-state index contributed by atoms with van der Waals surface area (Å²) in [5.74, 6) is 0. The summed E-state index contributed by atoms with van der Waals surface area (Å²) in [5.41, 5.74) is 0. The van der Waals surface area contributed by atoms with Crippen molar-refractivity contribution in [3.8, 4) is 0 Å². The Hall–Kier alpha value is 1.49. The Morgan fingerprint density at radius 3 is 1.00 bits per heavy atom. The second kappa shape index (κ2) is 20.9. The molecule has 0 fully saturated rings. The van der Waals surface area contributed by atoms with Gasteiger partial charge in [0.05, 0.1) is 0 Å². The molecule has 0 spiro atoms. The molecule has 0 heterocycles. The van der Waals surface area contributed by atoms with Gasteiger partial charge in [0.1, 0.15) is 0 Å². The first-order valence-corrected chi connectivity index (χ1v) is 14.2. The summed E-state index contributed by atoms with van der Waals surface area (Å²) < 4.78 is 0. The molecule has 0 amide bonds. The van der Waals surface area contributed by atoms with Gasteiger partial charge in [-0.05, 0) is 0 Å². The molecule has 0 aliphatic rings. The molecule has 0 saturated heterocycles. The van der Waals surface area contributed by atoms with Crippen LogP contribution in [0.3, 0.4) is 0 Å². The lowest BCUT2D eigenvalue weighted by Crippen LogP contribution is -1.80. The molecule has 0 N–H and O–H groups in total. The molecule has 15 heavy (non-hydrogen) atoms. The van der Waals surface area contributed by atoms with Crippen molar-refractivity contribution < 1.29 is 0 Å². The summed E-state index contributed by atoms with van der Waals surface area (Å²) in [4.78, 5) is 0. The normalized spacial score (nSPS) is 9.33. The summed E-state index contributed by atoms with van der Waals surface area (Å²) in [6, 6.07) is 0. The highest BCUT2D eigenvalue weighted by atomic mass is 79.9. The van der Waals surface area contributed by atoms with Crippen molar-refractivity contribution in [3.63, 3.8) is 0 Å². The molecule has 0 unspecified atom stereocenters. The van der Waals surface area contributed by atoms with Gasteiger partial charge in [0.25, 0.3) is 0 Å².